The normalized spacial score (nSPS) is 18.2. The van der Waals surface area contributed by atoms with Crippen LogP contribution in [0.1, 0.15) is 29.5 Å². The van der Waals surface area contributed by atoms with Crippen molar-refractivity contribution in [1.82, 2.24) is 14.7 Å². The van der Waals surface area contributed by atoms with E-state index in [4.69, 9.17) is 4.74 Å². The summed E-state index contributed by atoms with van der Waals surface area (Å²) in [7, 11) is 1.83. The molecule has 0 saturated carbocycles. The van der Waals surface area contributed by atoms with Crippen molar-refractivity contribution in [3.63, 3.8) is 0 Å². The van der Waals surface area contributed by atoms with Crippen molar-refractivity contribution in [2.24, 2.45) is 7.05 Å². The number of aryl methyl sites for hydroxylation is 3. The van der Waals surface area contributed by atoms with Crippen molar-refractivity contribution in [1.29, 1.82) is 0 Å². The third kappa shape index (κ3) is 3.76. The van der Waals surface area contributed by atoms with E-state index >= 15 is 0 Å². The number of carbonyl (C=O) groups excluding carboxylic acids is 1. The number of ether oxygens (including phenoxy) is 1. The standard InChI is InChI=1S/C21H26N4O2/c1-15-12-17-4-6-21(27-18(17)13-16(15)2)7-10-25(11-8-21)14-20(26)22-19-5-9-24(3)23-19/h4-6,9,12-13H,7-8,10-11,14H2,1-3H3,(H,22,23,26). The van der Waals surface area contributed by atoms with Crippen LogP contribution in [0.2, 0.25) is 0 Å². The summed E-state index contributed by atoms with van der Waals surface area (Å²) in [5.41, 5.74) is 3.44. The number of fused-ring (bicyclic) bond motifs is 1. The van der Waals surface area contributed by atoms with E-state index in [9.17, 15) is 4.79 Å². The predicted molar refractivity (Wildman–Crippen MR) is 106 cm³/mol. The zero-order valence-corrected chi connectivity index (χ0v) is 16.2. The molecule has 142 valence electrons. The molecule has 1 N–H and O–H groups in total. The molecule has 1 amide bonds. The summed E-state index contributed by atoms with van der Waals surface area (Å²) in [6.45, 7) is 6.29. The molecule has 0 aliphatic carbocycles. The minimum absolute atomic E-state index is 0.0267. The molecule has 1 aromatic carbocycles. The average Bonchev–Trinajstić information content (AvgIpc) is 3.03. The number of aromatic nitrogens is 2. The van der Waals surface area contributed by atoms with Gasteiger partial charge in [-0.2, -0.15) is 5.10 Å². The van der Waals surface area contributed by atoms with Crippen LogP contribution in [0.25, 0.3) is 6.08 Å². The van der Waals surface area contributed by atoms with Crippen LogP contribution in [0.5, 0.6) is 5.75 Å². The molecule has 1 aromatic heterocycles. The zero-order chi connectivity index (χ0) is 19.0. The Balaban J connectivity index is 1.35. The number of benzene rings is 1. The molecule has 1 fully saturated rings. The fraction of sp³-hybridized carbons (Fsp3) is 0.429. The topological polar surface area (TPSA) is 59.4 Å². The number of amides is 1. The minimum atomic E-state index is -0.247. The molecule has 2 aliphatic heterocycles. The van der Waals surface area contributed by atoms with Crippen molar-refractivity contribution >= 4 is 17.8 Å². The number of piperidine rings is 1. The lowest BCUT2D eigenvalue weighted by molar-refractivity contribution is -0.118. The summed E-state index contributed by atoms with van der Waals surface area (Å²) in [5.74, 6) is 1.54. The molecule has 0 atom stereocenters. The Morgan fingerprint density at radius 3 is 2.70 bits per heavy atom. The van der Waals surface area contributed by atoms with Crippen LogP contribution in [0, 0.1) is 13.8 Å². The SMILES string of the molecule is Cc1cc2c(cc1C)OC1(C=C2)CCN(CC(=O)Nc2ccn(C)n2)CC1. The summed E-state index contributed by atoms with van der Waals surface area (Å²) < 4.78 is 8.10. The molecule has 3 heterocycles. The van der Waals surface area contributed by atoms with E-state index in [1.165, 1.54) is 11.1 Å². The van der Waals surface area contributed by atoms with E-state index in [0.29, 0.717) is 12.4 Å². The number of nitrogens with one attached hydrogen (secondary N) is 1. The van der Waals surface area contributed by atoms with Crippen LogP contribution in [-0.2, 0) is 11.8 Å². The van der Waals surface area contributed by atoms with E-state index < -0.39 is 0 Å². The van der Waals surface area contributed by atoms with E-state index in [0.717, 1.165) is 37.2 Å². The number of likely N-dealkylation sites (tertiary alicyclic amines) is 1. The Labute approximate surface area is 159 Å². The first-order valence-corrected chi connectivity index (χ1v) is 9.44. The van der Waals surface area contributed by atoms with Crippen molar-refractivity contribution < 1.29 is 9.53 Å². The Morgan fingerprint density at radius 2 is 2.00 bits per heavy atom. The second-order valence-corrected chi connectivity index (χ2v) is 7.67. The average molecular weight is 366 g/mol. The molecular formula is C21H26N4O2. The van der Waals surface area contributed by atoms with E-state index in [1.807, 2.05) is 13.2 Å². The number of anilines is 1. The fourth-order valence-electron chi connectivity index (χ4n) is 3.75. The Hall–Kier alpha value is -2.60. The maximum Gasteiger partial charge on any atom is 0.239 e. The maximum atomic E-state index is 12.2. The highest BCUT2D eigenvalue weighted by molar-refractivity contribution is 5.91. The molecule has 0 unspecified atom stereocenters. The number of hydrogen-bond acceptors (Lipinski definition) is 4. The largest absolute Gasteiger partial charge is 0.482 e. The van der Waals surface area contributed by atoms with Crippen LogP contribution in [0.3, 0.4) is 0 Å². The van der Waals surface area contributed by atoms with Gasteiger partial charge in [-0.15, -0.1) is 0 Å². The molecule has 2 aromatic rings. The van der Waals surface area contributed by atoms with Gasteiger partial charge in [-0.25, -0.2) is 0 Å². The van der Waals surface area contributed by atoms with Gasteiger partial charge in [-0.3, -0.25) is 14.4 Å². The molecule has 0 bridgehead atoms. The van der Waals surface area contributed by atoms with Gasteiger partial charge in [0, 0.05) is 50.8 Å². The molecule has 2 aliphatic rings. The van der Waals surface area contributed by atoms with Crippen molar-refractivity contribution in [3.8, 4) is 5.75 Å². The van der Waals surface area contributed by atoms with Crippen molar-refractivity contribution in [2.45, 2.75) is 32.3 Å². The lowest BCUT2D eigenvalue weighted by Crippen LogP contribution is -2.49. The first-order chi connectivity index (χ1) is 12.9. The van der Waals surface area contributed by atoms with Crippen LogP contribution in [-0.4, -0.2) is 45.8 Å². The lowest BCUT2D eigenvalue weighted by Gasteiger charge is -2.41. The molecule has 4 rings (SSSR count). The Morgan fingerprint density at radius 1 is 1.26 bits per heavy atom. The van der Waals surface area contributed by atoms with Crippen molar-refractivity contribution in [2.75, 3.05) is 25.0 Å². The number of nitrogens with zero attached hydrogens (tertiary/aromatic N) is 3. The van der Waals surface area contributed by atoms with Crippen LogP contribution >= 0.6 is 0 Å². The quantitative estimate of drug-likeness (QED) is 0.907. The highest BCUT2D eigenvalue weighted by Gasteiger charge is 2.37. The van der Waals surface area contributed by atoms with Crippen molar-refractivity contribution in [3.05, 3.63) is 47.2 Å². The molecule has 0 radical (unpaired) electrons. The third-order valence-corrected chi connectivity index (χ3v) is 5.56. The monoisotopic (exact) mass is 366 g/mol. The van der Waals surface area contributed by atoms with Gasteiger partial charge in [0.1, 0.15) is 11.4 Å². The van der Waals surface area contributed by atoms with Crippen LogP contribution < -0.4 is 10.1 Å². The van der Waals surface area contributed by atoms with E-state index in [1.54, 1.807) is 10.7 Å². The van der Waals surface area contributed by atoms with Gasteiger partial charge < -0.3 is 10.1 Å². The van der Waals surface area contributed by atoms with E-state index in [2.05, 4.69) is 53.4 Å². The predicted octanol–water partition coefficient (Wildman–Crippen LogP) is 2.92. The molecule has 27 heavy (non-hydrogen) atoms. The van der Waals surface area contributed by atoms with Gasteiger partial charge in [0.15, 0.2) is 5.82 Å². The van der Waals surface area contributed by atoms with Gasteiger partial charge in [0.25, 0.3) is 0 Å². The summed E-state index contributed by atoms with van der Waals surface area (Å²) in [5, 5.41) is 7.03. The Bertz CT molecular complexity index is 892. The van der Waals surface area contributed by atoms with Gasteiger partial charge in [0.05, 0.1) is 6.54 Å². The molecule has 1 spiro atoms. The second kappa shape index (κ2) is 6.85. The summed E-state index contributed by atoms with van der Waals surface area (Å²) in [6.07, 6.45) is 7.97. The molecule has 6 nitrogen and oxygen atoms in total. The van der Waals surface area contributed by atoms with Gasteiger partial charge in [0.2, 0.25) is 5.91 Å². The maximum absolute atomic E-state index is 12.2. The summed E-state index contributed by atoms with van der Waals surface area (Å²) in [6, 6.07) is 6.12. The second-order valence-electron chi connectivity index (χ2n) is 7.67. The molecule has 1 saturated heterocycles. The minimum Gasteiger partial charge on any atom is -0.482 e. The van der Waals surface area contributed by atoms with Crippen LogP contribution in [0.4, 0.5) is 5.82 Å². The molecular weight excluding hydrogens is 340 g/mol. The van der Waals surface area contributed by atoms with E-state index in [-0.39, 0.29) is 11.5 Å². The molecule has 6 heteroatoms. The smallest absolute Gasteiger partial charge is 0.239 e. The van der Waals surface area contributed by atoms with Crippen LogP contribution in [0.15, 0.2) is 30.5 Å². The fourth-order valence-corrected chi connectivity index (χ4v) is 3.75. The first-order valence-electron chi connectivity index (χ1n) is 9.44. The first kappa shape index (κ1) is 17.8. The van der Waals surface area contributed by atoms with Gasteiger partial charge in [-0.1, -0.05) is 6.08 Å². The summed E-state index contributed by atoms with van der Waals surface area (Å²) in [4.78, 5) is 14.4. The van der Waals surface area contributed by atoms with Gasteiger partial charge in [-0.05, 0) is 43.2 Å². The number of rotatable bonds is 3. The van der Waals surface area contributed by atoms with Gasteiger partial charge >= 0.3 is 0 Å². The Kier molecular flexibility index (Phi) is 4.52. The highest BCUT2D eigenvalue weighted by atomic mass is 16.5. The zero-order valence-electron chi connectivity index (χ0n) is 16.2. The third-order valence-electron chi connectivity index (χ3n) is 5.56. The number of hydrogen-bond donors (Lipinski definition) is 1. The lowest BCUT2D eigenvalue weighted by atomic mass is 9.87. The highest BCUT2D eigenvalue weighted by Crippen LogP contribution is 2.38. The number of carbonyl (C=O) groups is 1. The summed E-state index contributed by atoms with van der Waals surface area (Å²) >= 11 is 0.